The fourth-order valence-corrected chi connectivity index (χ4v) is 3.72. The summed E-state index contributed by atoms with van der Waals surface area (Å²) < 4.78 is 19.6. The van der Waals surface area contributed by atoms with Crippen LogP contribution in [0.4, 0.5) is 4.39 Å². The number of halogens is 1. The SMILES string of the molecule is CCOC(=O)c1sc2ncn(C[C@@H](O)c3cccc(F)c3)c(=O)c2c1C. The second-order valence-corrected chi connectivity index (χ2v) is 6.73. The molecule has 0 amide bonds. The van der Waals surface area contributed by atoms with Crippen LogP contribution in [0.1, 0.15) is 33.8 Å². The van der Waals surface area contributed by atoms with Gasteiger partial charge in [-0.1, -0.05) is 12.1 Å². The van der Waals surface area contributed by atoms with Gasteiger partial charge in [0.2, 0.25) is 0 Å². The highest BCUT2D eigenvalue weighted by molar-refractivity contribution is 7.20. The third kappa shape index (κ3) is 3.38. The first kappa shape index (κ1) is 18.2. The molecule has 0 aliphatic rings. The fraction of sp³-hybridized carbons (Fsp3) is 0.278. The zero-order valence-electron chi connectivity index (χ0n) is 14.2. The lowest BCUT2D eigenvalue weighted by Gasteiger charge is -2.13. The molecule has 136 valence electrons. The maximum absolute atomic E-state index is 13.3. The maximum Gasteiger partial charge on any atom is 0.348 e. The summed E-state index contributed by atoms with van der Waals surface area (Å²) in [7, 11) is 0. The molecule has 0 aliphatic carbocycles. The summed E-state index contributed by atoms with van der Waals surface area (Å²) in [4.78, 5) is 29.8. The van der Waals surface area contributed by atoms with Crippen molar-refractivity contribution in [3.8, 4) is 0 Å². The van der Waals surface area contributed by atoms with E-state index in [1.54, 1.807) is 19.9 Å². The molecule has 0 aliphatic heterocycles. The van der Waals surface area contributed by atoms with Gasteiger partial charge in [0.15, 0.2) is 0 Å². The summed E-state index contributed by atoms with van der Waals surface area (Å²) in [5.74, 6) is -0.950. The van der Waals surface area contributed by atoms with Crippen LogP contribution in [0, 0.1) is 12.7 Å². The number of nitrogens with zero attached hydrogens (tertiary/aromatic N) is 2. The van der Waals surface area contributed by atoms with Gasteiger partial charge in [-0.2, -0.15) is 0 Å². The molecule has 0 unspecified atom stereocenters. The van der Waals surface area contributed by atoms with Crippen molar-refractivity contribution in [1.82, 2.24) is 9.55 Å². The molecule has 0 spiro atoms. The molecule has 8 heteroatoms. The van der Waals surface area contributed by atoms with Gasteiger partial charge in [-0.05, 0) is 37.1 Å². The lowest BCUT2D eigenvalue weighted by Crippen LogP contribution is -2.23. The molecule has 2 aromatic heterocycles. The average molecular weight is 376 g/mol. The van der Waals surface area contributed by atoms with Crippen LogP contribution >= 0.6 is 11.3 Å². The zero-order valence-corrected chi connectivity index (χ0v) is 15.0. The fourth-order valence-electron chi connectivity index (χ4n) is 2.69. The van der Waals surface area contributed by atoms with Crippen molar-refractivity contribution in [3.63, 3.8) is 0 Å². The van der Waals surface area contributed by atoms with Gasteiger partial charge in [0.1, 0.15) is 15.5 Å². The van der Waals surface area contributed by atoms with Crippen LogP contribution in [0.15, 0.2) is 35.4 Å². The molecule has 3 rings (SSSR count). The lowest BCUT2D eigenvalue weighted by molar-refractivity contribution is 0.0531. The van der Waals surface area contributed by atoms with E-state index in [0.29, 0.717) is 26.2 Å². The Bertz CT molecular complexity index is 1030. The first-order valence-electron chi connectivity index (χ1n) is 8.01. The van der Waals surface area contributed by atoms with Gasteiger partial charge in [0.25, 0.3) is 5.56 Å². The summed E-state index contributed by atoms with van der Waals surface area (Å²) in [6, 6.07) is 5.57. The minimum absolute atomic E-state index is 0.0742. The molecule has 2 heterocycles. The Morgan fingerprint density at radius 1 is 1.46 bits per heavy atom. The second kappa shape index (κ2) is 7.35. The van der Waals surface area contributed by atoms with Crippen LogP contribution in [0.25, 0.3) is 10.2 Å². The smallest absolute Gasteiger partial charge is 0.348 e. The van der Waals surface area contributed by atoms with Crippen molar-refractivity contribution < 1.29 is 19.0 Å². The normalized spacial score (nSPS) is 12.3. The highest BCUT2D eigenvalue weighted by Gasteiger charge is 2.21. The molecule has 0 radical (unpaired) electrons. The second-order valence-electron chi connectivity index (χ2n) is 5.73. The number of hydrogen-bond donors (Lipinski definition) is 1. The Balaban J connectivity index is 1.98. The summed E-state index contributed by atoms with van der Waals surface area (Å²) in [6.45, 7) is 3.54. The van der Waals surface area contributed by atoms with Gasteiger partial charge >= 0.3 is 5.97 Å². The Labute approximate surface area is 152 Å². The van der Waals surface area contributed by atoms with Crippen molar-refractivity contribution in [1.29, 1.82) is 0 Å². The predicted molar refractivity (Wildman–Crippen MR) is 95.9 cm³/mol. The zero-order chi connectivity index (χ0) is 18.8. The topological polar surface area (TPSA) is 81.4 Å². The number of aromatic nitrogens is 2. The Morgan fingerprint density at radius 2 is 2.23 bits per heavy atom. The molecule has 1 N–H and O–H groups in total. The van der Waals surface area contributed by atoms with E-state index in [9.17, 15) is 19.1 Å². The Morgan fingerprint density at radius 3 is 2.92 bits per heavy atom. The summed E-state index contributed by atoms with van der Waals surface area (Å²) in [5.41, 5.74) is 0.511. The van der Waals surface area contributed by atoms with E-state index in [4.69, 9.17) is 4.74 Å². The highest BCUT2D eigenvalue weighted by Crippen LogP contribution is 2.27. The number of esters is 1. The number of hydrogen-bond acceptors (Lipinski definition) is 6. The van der Waals surface area contributed by atoms with E-state index >= 15 is 0 Å². The third-order valence-electron chi connectivity index (χ3n) is 3.98. The van der Waals surface area contributed by atoms with E-state index in [1.165, 1.54) is 29.1 Å². The van der Waals surface area contributed by atoms with E-state index in [2.05, 4.69) is 4.98 Å². The molecular formula is C18H17FN2O4S. The number of carbonyl (C=O) groups is 1. The molecule has 0 fully saturated rings. The van der Waals surface area contributed by atoms with E-state index in [0.717, 1.165) is 11.3 Å². The monoisotopic (exact) mass is 376 g/mol. The minimum Gasteiger partial charge on any atom is -0.462 e. The van der Waals surface area contributed by atoms with Gasteiger partial charge in [-0.15, -0.1) is 11.3 Å². The number of benzene rings is 1. The molecule has 1 atom stereocenters. The van der Waals surface area contributed by atoms with Crippen LogP contribution in [0.2, 0.25) is 0 Å². The van der Waals surface area contributed by atoms with E-state index < -0.39 is 17.9 Å². The van der Waals surface area contributed by atoms with E-state index in [1.807, 2.05) is 0 Å². The number of aliphatic hydroxyl groups is 1. The van der Waals surface area contributed by atoms with Crippen molar-refractivity contribution in [2.24, 2.45) is 0 Å². The van der Waals surface area contributed by atoms with Crippen molar-refractivity contribution in [2.75, 3.05) is 6.61 Å². The molecule has 26 heavy (non-hydrogen) atoms. The number of aryl methyl sites for hydroxylation is 1. The molecule has 1 aromatic carbocycles. The molecule has 0 saturated heterocycles. The average Bonchev–Trinajstić information content (AvgIpc) is 2.95. The number of fused-ring (bicyclic) bond motifs is 1. The quantitative estimate of drug-likeness (QED) is 0.693. The number of aliphatic hydroxyl groups excluding tert-OH is 1. The number of thiophene rings is 1. The molecule has 6 nitrogen and oxygen atoms in total. The molecule has 0 saturated carbocycles. The van der Waals surface area contributed by atoms with Crippen LogP contribution in [-0.4, -0.2) is 27.2 Å². The first-order valence-corrected chi connectivity index (χ1v) is 8.83. The Kier molecular flexibility index (Phi) is 5.15. The number of rotatable bonds is 5. The van der Waals surface area contributed by atoms with Crippen LogP contribution in [0.3, 0.4) is 0 Å². The van der Waals surface area contributed by atoms with Crippen molar-refractivity contribution >= 4 is 27.5 Å². The van der Waals surface area contributed by atoms with Gasteiger partial charge in [-0.25, -0.2) is 14.2 Å². The molecular weight excluding hydrogens is 359 g/mol. The summed E-state index contributed by atoms with van der Waals surface area (Å²) >= 11 is 1.10. The largest absolute Gasteiger partial charge is 0.462 e. The van der Waals surface area contributed by atoms with Crippen LogP contribution < -0.4 is 5.56 Å². The van der Waals surface area contributed by atoms with Crippen LogP contribution in [0.5, 0.6) is 0 Å². The summed E-state index contributed by atoms with van der Waals surface area (Å²) in [5, 5.41) is 10.6. The third-order valence-corrected chi connectivity index (χ3v) is 5.16. The van der Waals surface area contributed by atoms with Gasteiger partial charge in [-0.3, -0.25) is 9.36 Å². The van der Waals surface area contributed by atoms with Crippen LogP contribution in [-0.2, 0) is 11.3 Å². The van der Waals surface area contributed by atoms with Gasteiger partial charge in [0.05, 0.1) is 31.0 Å². The first-order chi connectivity index (χ1) is 12.4. The maximum atomic E-state index is 13.3. The minimum atomic E-state index is -1.06. The standard InChI is InChI=1S/C18H17FN2O4S/c1-3-25-18(24)15-10(2)14-16(26-15)20-9-21(17(14)23)8-13(22)11-5-4-6-12(19)7-11/h4-7,9,13,22H,3,8H2,1-2H3/t13-/m1/s1. The van der Waals surface area contributed by atoms with Crippen molar-refractivity contribution in [3.05, 3.63) is 62.8 Å². The predicted octanol–water partition coefficient (Wildman–Crippen LogP) is 2.82. The number of carbonyl (C=O) groups excluding carboxylic acids is 1. The molecule has 0 bridgehead atoms. The van der Waals surface area contributed by atoms with Crippen molar-refractivity contribution in [2.45, 2.75) is 26.5 Å². The Hall–Kier alpha value is -2.58. The highest BCUT2D eigenvalue weighted by atomic mass is 32.1. The molecule has 3 aromatic rings. The van der Waals surface area contributed by atoms with E-state index in [-0.39, 0.29) is 18.7 Å². The lowest BCUT2D eigenvalue weighted by atomic mass is 10.1. The summed E-state index contributed by atoms with van der Waals surface area (Å²) in [6.07, 6.45) is 0.254. The van der Waals surface area contributed by atoms with Gasteiger partial charge < -0.3 is 9.84 Å². The van der Waals surface area contributed by atoms with Gasteiger partial charge in [0, 0.05) is 0 Å². The number of ether oxygens (including phenoxy) is 1.